The summed E-state index contributed by atoms with van der Waals surface area (Å²) in [5, 5.41) is 63.0. The van der Waals surface area contributed by atoms with Crippen LogP contribution in [0, 0.1) is 5.92 Å². The average molecular weight is 597 g/mol. The zero-order valence-corrected chi connectivity index (χ0v) is 22.8. The molecule has 41 heavy (non-hydrogen) atoms. The molecule has 3 aliphatic heterocycles. The first-order valence-electron chi connectivity index (χ1n) is 14.1. The third-order valence-corrected chi connectivity index (χ3v) is 8.82. The number of nitrogens with two attached hydrogens (primary N) is 6. The lowest BCUT2D eigenvalue weighted by Crippen LogP contribution is -2.67. The second-order valence-electron chi connectivity index (χ2n) is 11.6. The zero-order chi connectivity index (χ0) is 30.2. The van der Waals surface area contributed by atoms with Crippen LogP contribution in [0.15, 0.2) is 0 Å². The summed E-state index contributed by atoms with van der Waals surface area (Å²) in [6.45, 7) is -0.751. The molecule has 1 aliphatic carbocycles. The SMILES string of the molecule is NC[C@@H]1O[C@H](O[C@H]2[C@@H](O)[C@H](O[C@H]3C([C@H]4O[C@H]([C@@H](O)CN)CC[C@H]4N)[C@@H](N)C[C@@H](N)[C@@H]3O)O[C@@H]2CO)[C@H](N)[C@@H](O)[C@@H]1O. The third kappa shape index (κ3) is 6.71. The van der Waals surface area contributed by atoms with Crippen molar-refractivity contribution in [3.63, 3.8) is 0 Å². The van der Waals surface area contributed by atoms with E-state index in [4.69, 9.17) is 58.1 Å². The van der Waals surface area contributed by atoms with Crippen LogP contribution in [0.1, 0.15) is 19.3 Å². The molecule has 0 aromatic heterocycles. The van der Waals surface area contributed by atoms with E-state index in [1.54, 1.807) is 0 Å². The van der Waals surface area contributed by atoms with Gasteiger partial charge in [0, 0.05) is 37.1 Å². The van der Waals surface area contributed by atoms with Crippen molar-refractivity contribution < 1.29 is 54.3 Å². The van der Waals surface area contributed by atoms with E-state index >= 15 is 0 Å². The highest BCUT2D eigenvalue weighted by Gasteiger charge is 2.55. The van der Waals surface area contributed by atoms with E-state index in [0.29, 0.717) is 12.8 Å². The largest absolute Gasteiger partial charge is 0.394 e. The number of aliphatic hydroxyl groups excluding tert-OH is 6. The topological polar surface area (TPSA) is 324 Å². The van der Waals surface area contributed by atoms with Gasteiger partial charge in [0.2, 0.25) is 0 Å². The fraction of sp³-hybridized carbons (Fsp3) is 1.00. The van der Waals surface area contributed by atoms with Gasteiger partial charge in [-0.15, -0.1) is 0 Å². The van der Waals surface area contributed by atoms with Crippen LogP contribution in [-0.4, -0.2) is 154 Å². The van der Waals surface area contributed by atoms with Gasteiger partial charge >= 0.3 is 0 Å². The van der Waals surface area contributed by atoms with Crippen LogP contribution in [0.4, 0.5) is 0 Å². The molecule has 0 amide bonds. The Kier molecular flexibility index (Phi) is 11.3. The van der Waals surface area contributed by atoms with Gasteiger partial charge in [0.15, 0.2) is 12.6 Å². The third-order valence-electron chi connectivity index (χ3n) is 8.82. The van der Waals surface area contributed by atoms with Crippen LogP contribution in [0.25, 0.3) is 0 Å². The quantitative estimate of drug-likeness (QED) is 0.117. The first-order chi connectivity index (χ1) is 19.4. The summed E-state index contributed by atoms with van der Waals surface area (Å²) >= 11 is 0. The Morgan fingerprint density at radius 1 is 0.732 bits per heavy atom. The Balaban J connectivity index is 1.52. The first kappa shape index (κ1) is 33.2. The molecule has 0 radical (unpaired) electrons. The summed E-state index contributed by atoms with van der Waals surface area (Å²) in [6, 6.07) is -3.11. The van der Waals surface area contributed by atoms with Gasteiger partial charge in [0.05, 0.1) is 43.2 Å². The Labute approximate surface area is 237 Å². The van der Waals surface area contributed by atoms with Gasteiger partial charge in [-0.1, -0.05) is 0 Å². The van der Waals surface area contributed by atoms with Gasteiger partial charge in [0.25, 0.3) is 0 Å². The molecule has 1 unspecified atom stereocenters. The summed E-state index contributed by atoms with van der Waals surface area (Å²) < 4.78 is 29.5. The number of rotatable bonds is 9. The Morgan fingerprint density at radius 3 is 2.02 bits per heavy atom. The predicted octanol–water partition coefficient (Wildman–Crippen LogP) is -7.20. The summed E-state index contributed by atoms with van der Waals surface area (Å²) in [5.74, 6) is -0.715. The lowest BCUT2D eigenvalue weighted by Gasteiger charge is -2.50. The van der Waals surface area contributed by atoms with Crippen LogP contribution in [0.2, 0.25) is 0 Å². The normalized spacial score (nSPS) is 52.0. The first-order valence-corrected chi connectivity index (χ1v) is 14.1. The highest BCUT2D eigenvalue weighted by atomic mass is 16.7. The smallest absolute Gasteiger partial charge is 0.187 e. The number of ether oxygens (including phenoxy) is 5. The van der Waals surface area contributed by atoms with Gasteiger partial charge in [-0.2, -0.15) is 0 Å². The zero-order valence-electron chi connectivity index (χ0n) is 22.8. The van der Waals surface area contributed by atoms with Gasteiger partial charge in [0.1, 0.15) is 36.6 Å². The number of aliphatic hydroxyl groups is 6. The second kappa shape index (κ2) is 14.0. The van der Waals surface area contributed by atoms with Gasteiger partial charge in [-0.05, 0) is 19.3 Å². The van der Waals surface area contributed by atoms with Gasteiger partial charge in [-0.25, -0.2) is 0 Å². The van der Waals surface area contributed by atoms with Crippen molar-refractivity contribution in [1.82, 2.24) is 0 Å². The fourth-order valence-electron chi connectivity index (χ4n) is 6.34. The molecule has 0 aromatic rings. The Hall–Kier alpha value is -0.680. The summed E-state index contributed by atoms with van der Waals surface area (Å²) in [7, 11) is 0. The molecule has 17 nitrogen and oxygen atoms in total. The minimum atomic E-state index is -1.53. The van der Waals surface area contributed by atoms with E-state index in [9.17, 15) is 30.6 Å². The molecule has 3 heterocycles. The maximum absolute atomic E-state index is 11.2. The Morgan fingerprint density at radius 2 is 1.39 bits per heavy atom. The van der Waals surface area contributed by atoms with E-state index in [-0.39, 0.29) is 19.5 Å². The summed E-state index contributed by atoms with van der Waals surface area (Å²) in [5.41, 5.74) is 36.3. The monoisotopic (exact) mass is 596 g/mol. The molecule has 4 fully saturated rings. The second-order valence-corrected chi connectivity index (χ2v) is 11.6. The molecular formula is C24H48N6O11. The molecule has 4 rings (SSSR count). The molecule has 17 heteroatoms. The van der Waals surface area contributed by atoms with Gasteiger partial charge < -0.3 is 88.7 Å². The van der Waals surface area contributed by atoms with Crippen LogP contribution >= 0.6 is 0 Å². The molecule has 1 saturated carbocycles. The van der Waals surface area contributed by atoms with Crippen molar-refractivity contribution in [3.8, 4) is 0 Å². The fourth-order valence-corrected chi connectivity index (χ4v) is 6.34. The minimum absolute atomic E-state index is 0.0147. The lowest BCUT2D eigenvalue weighted by atomic mass is 9.72. The number of hydrogen-bond donors (Lipinski definition) is 12. The predicted molar refractivity (Wildman–Crippen MR) is 140 cm³/mol. The van der Waals surface area contributed by atoms with E-state index in [1.165, 1.54) is 0 Å². The molecular weight excluding hydrogens is 548 g/mol. The van der Waals surface area contributed by atoms with E-state index in [2.05, 4.69) is 0 Å². The van der Waals surface area contributed by atoms with E-state index < -0.39 is 116 Å². The maximum Gasteiger partial charge on any atom is 0.187 e. The molecule has 4 aliphatic rings. The van der Waals surface area contributed by atoms with Crippen molar-refractivity contribution >= 4 is 0 Å². The van der Waals surface area contributed by atoms with Crippen molar-refractivity contribution in [1.29, 1.82) is 0 Å². The molecule has 0 bridgehead atoms. The van der Waals surface area contributed by atoms with Crippen molar-refractivity contribution in [2.24, 2.45) is 40.3 Å². The highest BCUT2D eigenvalue weighted by Crippen LogP contribution is 2.38. The minimum Gasteiger partial charge on any atom is -0.394 e. The number of hydrogen-bond acceptors (Lipinski definition) is 17. The maximum atomic E-state index is 11.2. The molecule has 3 saturated heterocycles. The van der Waals surface area contributed by atoms with Crippen molar-refractivity contribution in [2.45, 2.75) is 123 Å². The van der Waals surface area contributed by atoms with E-state index in [0.717, 1.165) is 0 Å². The van der Waals surface area contributed by atoms with Crippen LogP contribution in [0.3, 0.4) is 0 Å². The van der Waals surface area contributed by atoms with E-state index in [1.807, 2.05) is 0 Å². The van der Waals surface area contributed by atoms with Crippen LogP contribution in [-0.2, 0) is 23.7 Å². The molecule has 0 aromatic carbocycles. The highest BCUT2D eigenvalue weighted by molar-refractivity contribution is 5.05. The summed E-state index contributed by atoms with van der Waals surface area (Å²) in [6.07, 6.45) is -13.8. The van der Waals surface area contributed by atoms with Crippen LogP contribution in [0.5, 0.6) is 0 Å². The molecule has 240 valence electrons. The molecule has 0 spiro atoms. The van der Waals surface area contributed by atoms with Crippen molar-refractivity contribution in [2.75, 3.05) is 19.7 Å². The average Bonchev–Trinajstić information content (AvgIpc) is 3.25. The lowest BCUT2D eigenvalue weighted by molar-refractivity contribution is -0.280. The van der Waals surface area contributed by atoms with Crippen molar-refractivity contribution in [3.05, 3.63) is 0 Å². The Bertz CT molecular complexity index is 837. The van der Waals surface area contributed by atoms with Crippen LogP contribution < -0.4 is 34.4 Å². The molecule has 18 atom stereocenters. The summed E-state index contributed by atoms with van der Waals surface area (Å²) in [4.78, 5) is 0. The standard InChI is InChI=1S/C24H48N6O11/c25-4-10(32)11-2-1-7(27)20(37-11)14-8(28)3-9(29)16(33)22(14)41-24-19(36)21(13(6-31)39-24)40-23-15(30)18(35)17(34)12(5-26)38-23/h7-24,31-36H,1-6,25-30H2/t7-,8+,9-,10+,11+,12+,13-,14?,15-,16+,17-,18-,19-,20+,21-,22+,23-,24+/m1/s1. The molecule has 18 N–H and O–H groups in total. The van der Waals surface area contributed by atoms with Gasteiger partial charge in [-0.3, -0.25) is 0 Å².